The van der Waals surface area contributed by atoms with Crippen LogP contribution in [0, 0.1) is 0 Å². The first kappa shape index (κ1) is 12.2. The van der Waals surface area contributed by atoms with Crippen LogP contribution in [0.3, 0.4) is 0 Å². The Balaban J connectivity index is 2.07. The molecule has 0 radical (unpaired) electrons. The first-order valence-electron chi connectivity index (χ1n) is 5.77. The van der Waals surface area contributed by atoms with E-state index in [1.54, 1.807) is 0 Å². The van der Waals surface area contributed by atoms with Crippen molar-refractivity contribution in [2.75, 3.05) is 0 Å². The van der Waals surface area contributed by atoms with E-state index in [0.29, 0.717) is 5.02 Å². The van der Waals surface area contributed by atoms with Crippen LogP contribution in [0.1, 0.15) is 32.3 Å². The van der Waals surface area contributed by atoms with E-state index in [1.165, 1.54) is 0 Å². The van der Waals surface area contributed by atoms with E-state index in [-0.39, 0.29) is 12.1 Å². The topological polar surface area (TPSA) is 38.3 Å². The first-order chi connectivity index (χ1) is 8.02. The minimum atomic E-state index is -0.454. The summed E-state index contributed by atoms with van der Waals surface area (Å²) in [6.07, 6.45) is 1.36. The van der Waals surface area contributed by atoms with E-state index >= 15 is 0 Å². The van der Waals surface area contributed by atoms with E-state index in [0.717, 1.165) is 18.4 Å². The van der Waals surface area contributed by atoms with Crippen LogP contribution >= 0.6 is 11.6 Å². The summed E-state index contributed by atoms with van der Waals surface area (Å²) in [5.74, 6) is 0. The lowest BCUT2D eigenvalue weighted by atomic mass is 10.1. The monoisotopic (exact) mass is 253 g/mol. The second-order valence-electron chi connectivity index (χ2n) is 4.69. The quantitative estimate of drug-likeness (QED) is 0.896. The lowest BCUT2D eigenvalue weighted by molar-refractivity contribution is 0.0796. The zero-order valence-electron chi connectivity index (χ0n) is 10.00. The second-order valence-corrected chi connectivity index (χ2v) is 5.13. The molecule has 1 aliphatic rings. The Bertz CT molecular complexity index is 427. The molecule has 0 heterocycles. The largest absolute Gasteiger partial charge is 0.438 e. The summed E-state index contributed by atoms with van der Waals surface area (Å²) in [5, 5.41) is 3.40. The van der Waals surface area contributed by atoms with Crippen LogP contribution in [0.25, 0.3) is 0 Å². The van der Waals surface area contributed by atoms with Crippen molar-refractivity contribution in [3.8, 4) is 0 Å². The summed E-state index contributed by atoms with van der Waals surface area (Å²) in [6, 6.07) is 7.58. The molecule has 2 rings (SSSR count). The minimum Gasteiger partial charge on any atom is -0.438 e. The number of alkyl carbamates (subject to hydrolysis) is 1. The summed E-state index contributed by atoms with van der Waals surface area (Å²) in [7, 11) is 0. The molecule has 4 heteroatoms. The number of hydrogen-bond donors (Lipinski definition) is 1. The van der Waals surface area contributed by atoms with Crippen LogP contribution in [-0.2, 0) is 10.3 Å². The van der Waals surface area contributed by atoms with Gasteiger partial charge in [-0.15, -0.1) is 0 Å². The Kier molecular flexibility index (Phi) is 3.29. The maximum atomic E-state index is 11.6. The number of ether oxygens (including phenoxy) is 1. The van der Waals surface area contributed by atoms with Crippen LogP contribution in [0.5, 0.6) is 0 Å². The fraction of sp³-hybridized carbons (Fsp3) is 0.462. The molecule has 3 nitrogen and oxygen atoms in total. The Hall–Kier alpha value is -1.22. The predicted octanol–water partition coefficient (Wildman–Crippen LogP) is 3.46. The summed E-state index contributed by atoms with van der Waals surface area (Å²) >= 11 is 5.94. The molecular weight excluding hydrogens is 238 g/mol. The number of benzene rings is 1. The van der Waals surface area contributed by atoms with E-state index in [4.69, 9.17) is 16.3 Å². The number of nitrogens with one attached hydrogen (secondary N) is 1. The lowest BCUT2D eigenvalue weighted by Crippen LogP contribution is -2.33. The van der Waals surface area contributed by atoms with Crippen LogP contribution in [0.15, 0.2) is 24.3 Å². The van der Waals surface area contributed by atoms with Crippen molar-refractivity contribution in [3.63, 3.8) is 0 Å². The Morgan fingerprint density at radius 2 is 2.18 bits per heavy atom. The van der Waals surface area contributed by atoms with Crippen LogP contribution < -0.4 is 5.32 Å². The normalized spacial score (nSPS) is 16.7. The first-order valence-corrected chi connectivity index (χ1v) is 6.15. The van der Waals surface area contributed by atoms with Gasteiger partial charge in [-0.1, -0.05) is 23.7 Å². The molecule has 1 aliphatic carbocycles. The highest BCUT2D eigenvalue weighted by molar-refractivity contribution is 6.30. The molecule has 1 saturated carbocycles. The number of amides is 1. The van der Waals surface area contributed by atoms with Crippen molar-refractivity contribution < 1.29 is 9.53 Å². The van der Waals surface area contributed by atoms with Crippen molar-refractivity contribution in [3.05, 3.63) is 34.9 Å². The van der Waals surface area contributed by atoms with Gasteiger partial charge in [0.15, 0.2) is 0 Å². The molecular formula is C13H16ClNO2. The molecule has 17 heavy (non-hydrogen) atoms. The summed E-state index contributed by atoms with van der Waals surface area (Å²) < 4.78 is 5.49. The third-order valence-electron chi connectivity index (χ3n) is 2.75. The van der Waals surface area contributed by atoms with E-state index in [2.05, 4.69) is 5.32 Å². The van der Waals surface area contributed by atoms with Gasteiger partial charge in [-0.25, -0.2) is 4.79 Å². The van der Waals surface area contributed by atoms with Crippen LogP contribution in [0.2, 0.25) is 5.02 Å². The van der Waals surface area contributed by atoms with Gasteiger partial charge in [-0.2, -0.15) is 0 Å². The van der Waals surface area contributed by atoms with Crippen molar-refractivity contribution in [2.24, 2.45) is 0 Å². The highest BCUT2D eigenvalue weighted by Crippen LogP contribution is 2.49. The highest BCUT2D eigenvalue weighted by atomic mass is 35.5. The average Bonchev–Trinajstić information content (AvgIpc) is 2.97. The molecule has 92 valence electrons. The maximum absolute atomic E-state index is 11.6. The molecule has 1 fully saturated rings. The van der Waals surface area contributed by atoms with Gasteiger partial charge in [0, 0.05) is 11.1 Å². The van der Waals surface area contributed by atoms with Crippen LogP contribution in [0.4, 0.5) is 4.79 Å². The van der Waals surface area contributed by atoms with Gasteiger partial charge >= 0.3 is 6.09 Å². The lowest BCUT2D eigenvalue weighted by Gasteiger charge is -2.18. The maximum Gasteiger partial charge on any atom is 0.408 e. The minimum absolute atomic E-state index is 0.0812. The smallest absolute Gasteiger partial charge is 0.408 e. The molecule has 0 aliphatic heterocycles. The predicted molar refractivity (Wildman–Crippen MR) is 67.1 cm³/mol. The molecule has 1 amide bonds. The Labute approximate surface area is 106 Å². The average molecular weight is 254 g/mol. The van der Waals surface area contributed by atoms with Gasteiger partial charge in [0.1, 0.15) is 5.60 Å². The standard InChI is InChI=1S/C13H16ClNO2/c1-9(2)15-12(16)17-13(6-7-13)10-4-3-5-11(14)8-10/h3-5,8-9H,6-7H2,1-2H3,(H,15,16). The molecule has 1 aromatic carbocycles. The van der Waals surface area contributed by atoms with Gasteiger partial charge in [0.2, 0.25) is 0 Å². The molecule has 0 aromatic heterocycles. The SMILES string of the molecule is CC(C)NC(=O)OC1(c2cccc(Cl)c2)CC1. The van der Waals surface area contributed by atoms with Gasteiger partial charge < -0.3 is 10.1 Å². The molecule has 1 N–H and O–H groups in total. The van der Waals surface area contributed by atoms with Gasteiger partial charge in [-0.05, 0) is 44.4 Å². The zero-order valence-corrected chi connectivity index (χ0v) is 10.8. The van der Waals surface area contributed by atoms with Gasteiger partial charge in [0.25, 0.3) is 0 Å². The van der Waals surface area contributed by atoms with Gasteiger partial charge in [-0.3, -0.25) is 0 Å². The number of carbonyl (C=O) groups excluding carboxylic acids is 1. The number of carbonyl (C=O) groups is 1. The molecule has 0 saturated heterocycles. The van der Waals surface area contributed by atoms with Gasteiger partial charge in [0.05, 0.1) is 0 Å². The fourth-order valence-electron chi connectivity index (χ4n) is 1.78. The fourth-order valence-corrected chi connectivity index (χ4v) is 1.97. The van der Waals surface area contributed by atoms with Crippen molar-refractivity contribution in [2.45, 2.75) is 38.3 Å². The molecule has 0 bridgehead atoms. The van der Waals surface area contributed by atoms with Crippen molar-refractivity contribution in [1.29, 1.82) is 0 Å². The van der Waals surface area contributed by atoms with E-state index < -0.39 is 5.60 Å². The third kappa shape index (κ3) is 2.91. The highest BCUT2D eigenvalue weighted by Gasteiger charge is 2.48. The second kappa shape index (κ2) is 4.57. The van der Waals surface area contributed by atoms with Crippen LogP contribution in [-0.4, -0.2) is 12.1 Å². The summed E-state index contributed by atoms with van der Waals surface area (Å²) in [5.41, 5.74) is 0.521. The van der Waals surface area contributed by atoms with Crippen molar-refractivity contribution in [1.82, 2.24) is 5.32 Å². The summed E-state index contributed by atoms with van der Waals surface area (Å²) in [4.78, 5) is 11.6. The molecule has 0 atom stereocenters. The zero-order chi connectivity index (χ0) is 12.5. The Morgan fingerprint density at radius 3 is 2.71 bits per heavy atom. The summed E-state index contributed by atoms with van der Waals surface area (Å²) in [6.45, 7) is 3.81. The Morgan fingerprint density at radius 1 is 1.47 bits per heavy atom. The van der Waals surface area contributed by atoms with E-state index in [9.17, 15) is 4.79 Å². The number of hydrogen-bond acceptors (Lipinski definition) is 2. The number of rotatable bonds is 3. The van der Waals surface area contributed by atoms with Crippen molar-refractivity contribution >= 4 is 17.7 Å². The van der Waals surface area contributed by atoms with E-state index in [1.807, 2.05) is 38.1 Å². The third-order valence-corrected chi connectivity index (χ3v) is 2.98. The molecule has 0 spiro atoms. The molecule has 1 aromatic rings. The molecule has 0 unspecified atom stereocenters. The number of halogens is 1.